The molecule has 0 aliphatic carbocycles. The Bertz CT molecular complexity index is 1180. The number of nitrogens with one attached hydrogen (secondary N) is 5. The van der Waals surface area contributed by atoms with E-state index in [1.807, 2.05) is 0 Å². The Labute approximate surface area is 350 Å². The standard InChI is InChI=1S/2C10H20N8.C10H18N8.2Cu/c3*11-9(7-5-13-1-3-15-7)17-18-10(12)8-6-14-2-4-16-8;;/h2*7-8,13-14H,1-6H2,(H2,11,17)(H2,12,18);1,7-8,14H,2-6H2,(H2,11,17)(H2,12,18);;/q3*-2;2*+2. The first-order valence-corrected chi connectivity index (χ1v) is 18.3. The van der Waals surface area contributed by atoms with Gasteiger partial charge >= 0.3 is 34.1 Å². The first-order valence-electron chi connectivity index (χ1n) is 18.3. The molecule has 0 aromatic carbocycles. The van der Waals surface area contributed by atoms with Crippen LogP contribution in [0.2, 0.25) is 0 Å². The third-order valence-corrected chi connectivity index (χ3v) is 8.58. The summed E-state index contributed by atoms with van der Waals surface area (Å²) in [5.41, 5.74) is 35.0. The number of rotatable bonds is 9. The maximum absolute atomic E-state index is 5.83. The molecule has 322 valence electrons. The number of piperazine rings is 5. The number of hydrogen-bond donors (Lipinski definition) is 11. The fraction of sp³-hybridized carbons (Fsp3) is 0.767. The molecule has 0 saturated carbocycles. The summed E-state index contributed by atoms with van der Waals surface area (Å²) in [5.74, 6) is 2.31. The van der Waals surface area contributed by atoms with Crippen LogP contribution in [-0.2, 0) is 34.1 Å². The third-order valence-electron chi connectivity index (χ3n) is 8.58. The molecule has 17 N–H and O–H groups in total. The molecule has 6 aliphatic heterocycles. The molecule has 0 aromatic heterocycles. The van der Waals surface area contributed by atoms with Crippen LogP contribution in [0.5, 0.6) is 0 Å². The second kappa shape index (κ2) is 28.5. The molecule has 26 heteroatoms. The quantitative estimate of drug-likeness (QED) is 0.0453. The topological polar surface area (TPSA) is 387 Å². The molecule has 24 nitrogen and oxygen atoms in total. The van der Waals surface area contributed by atoms with Crippen LogP contribution in [0.25, 0.3) is 31.9 Å². The van der Waals surface area contributed by atoms with Crippen LogP contribution >= 0.6 is 0 Å². The van der Waals surface area contributed by atoms with E-state index in [0.29, 0.717) is 80.8 Å². The van der Waals surface area contributed by atoms with Gasteiger partial charge in [0.05, 0.1) is 0 Å². The Morgan fingerprint density at radius 2 is 0.661 bits per heavy atom. The van der Waals surface area contributed by atoms with Crippen molar-refractivity contribution in [2.24, 2.45) is 70.0 Å². The van der Waals surface area contributed by atoms with E-state index in [1.54, 1.807) is 6.21 Å². The van der Waals surface area contributed by atoms with E-state index in [-0.39, 0.29) is 70.4 Å². The van der Waals surface area contributed by atoms with Gasteiger partial charge in [-0.25, -0.2) is 0 Å². The Morgan fingerprint density at radius 1 is 0.411 bits per heavy atom. The summed E-state index contributed by atoms with van der Waals surface area (Å²) in [5, 5.41) is 65.7. The van der Waals surface area contributed by atoms with Crippen molar-refractivity contribution in [2.75, 3.05) is 111 Å². The Hall–Kier alpha value is -2.91. The van der Waals surface area contributed by atoms with Gasteiger partial charge < -0.3 is 97.9 Å². The van der Waals surface area contributed by atoms with Gasteiger partial charge in [0.2, 0.25) is 0 Å². The number of aliphatic imine (C=N–C) groups is 1. The van der Waals surface area contributed by atoms with Gasteiger partial charge in [0.25, 0.3) is 0 Å². The van der Waals surface area contributed by atoms with E-state index in [4.69, 9.17) is 34.4 Å². The van der Waals surface area contributed by atoms with E-state index in [1.165, 1.54) is 0 Å². The predicted octanol–water partition coefficient (Wildman–Crippen LogP) is -4.60. The maximum atomic E-state index is 5.83. The van der Waals surface area contributed by atoms with E-state index < -0.39 is 0 Å². The number of amidine groups is 6. The van der Waals surface area contributed by atoms with Gasteiger partial charge in [-0.1, -0.05) is 36.3 Å². The first-order chi connectivity index (χ1) is 26.3. The van der Waals surface area contributed by atoms with E-state index in [2.05, 4.69) is 94.1 Å². The van der Waals surface area contributed by atoms with Crippen molar-refractivity contribution in [3.63, 3.8) is 0 Å². The van der Waals surface area contributed by atoms with E-state index >= 15 is 0 Å². The van der Waals surface area contributed by atoms with Gasteiger partial charge in [-0.2, -0.15) is 0 Å². The number of nitrogens with zero attached hydrogens (tertiary/aromatic N) is 13. The van der Waals surface area contributed by atoms with Crippen LogP contribution in [-0.4, -0.2) is 189 Å². The zero-order chi connectivity index (χ0) is 38.4. The average molecular weight is 882 g/mol. The molecule has 6 aliphatic rings. The second-order valence-corrected chi connectivity index (χ2v) is 12.7. The summed E-state index contributed by atoms with van der Waals surface area (Å²) < 4.78 is 0. The van der Waals surface area contributed by atoms with Crippen molar-refractivity contribution in [1.82, 2.24) is 26.6 Å². The summed E-state index contributed by atoms with van der Waals surface area (Å²) in [6, 6.07) is -0.702. The molecule has 6 atom stereocenters. The molecule has 6 heterocycles. The molecule has 0 spiro atoms. The summed E-state index contributed by atoms with van der Waals surface area (Å²) in [4.78, 5) is 4.11. The van der Waals surface area contributed by atoms with Crippen LogP contribution in [0.15, 0.2) is 35.6 Å². The molecule has 0 aromatic rings. The molecule has 56 heavy (non-hydrogen) atoms. The van der Waals surface area contributed by atoms with Crippen molar-refractivity contribution in [2.45, 2.75) is 36.3 Å². The van der Waals surface area contributed by atoms with Crippen LogP contribution < -0.4 is 61.0 Å². The van der Waals surface area contributed by atoms with Crippen LogP contribution in [0.1, 0.15) is 0 Å². The minimum Gasteiger partial charge on any atom is -0.651 e. The molecule has 0 amide bonds. The zero-order valence-electron chi connectivity index (χ0n) is 31.4. The van der Waals surface area contributed by atoms with Crippen molar-refractivity contribution in [1.29, 1.82) is 0 Å². The molecule has 0 bridgehead atoms. The van der Waals surface area contributed by atoms with Crippen LogP contribution in [0.3, 0.4) is 0 Å². The fourth-order valence-corrected chi connectivity index (χ4v) is 5.40. The average Bonchev–Trinajstić information content (AvgIpc) is 3.25. The van der Waals surface area contributed by atoms with Gasteiger partial charge in [0.15, 0.2) is 0 Å². The predicted molar refractivity (Wildman–Crippen MR) is 220 cm³/mol. The second-order valence-electron chi connectivity index (χ2n) is 12.7. The first kappa shape index (κ1) is 49.2. The monoisotopic (exact) mass is 880 g/mol. The largest absolute Gasteiger partial charge is 2.00 e. The van der Waals surface area contributed by atoms with Gasteiger partial charge in [-0.05, 0) is 71.7 Å². The molecule has 6 unspecified atom stereocenters. The molecular formula is C30H58Cu2N24-2. The summed E-state index contributed by atoms with van der Waals surface area (Å²) in [6.07, 6.45) is 1.76. The smallest absolute Gasteiger partial charge is 0.651 e. The van der Waals surface area contributed by atoms with Gasteiger partial charge in [0.1, 0.15) is 35.0 Å². The fourth-order valence-electron chi connectivity index (χ4n) is 5.40. The number of hydrogen-bond acceptors (Lipinski definition) is 12. The van der Waals surface area contributed by atoms with E-state index in [9.17, 15) is 0 Å². The summed E-state index contributed by atoms with van der Waals surface area (Å²) >= 11 is 0. The molecular weight excluding hydrogens is 824 g/mol. The molecule has 5 fully saturated rings. The van der Waals surface area contributed by atoms with Crippen LogP contribution in [0, 0.1) is 0 Å². The SMILES string of the molecule is NC(=NN=C(N)C1CNCC[N-]1)C1CN=CC[N-]1.NC(=NN=C(N)C1CNCC[N-]1)C1CNCC[N-]1.NC(=NN=C(N)C1CNCC[N-]1)C1CNCC[N-]1.[Cu+2].[Cu+2]. The van der Waals surface area contributed by atoms with Crippen molar-refractivity contribution < 1.29 is 34.1 Å². The van der Waals surface area contributed by atoms with Crippen molar-refractivity contribution in [3.05, 3.63) is 31.9 Å². The van der Waals surface area contributed by atoms with Crippen molar-refractivity contribution in [3.8, 4) is 0 Å². The van der Waals surface area contributed by atoms with E-state index in [0.717, 1.165) is 65.4 Å². The maximum Gasteiger partial charge on any atom is 2.00 e. The van der Waals surface area contributed by atoms with Gasteiger partial charge in [0, 0.05) is 6.54 Å². The summed E-state index contributed by atoms with van der Waals surface area (Å²) in [7, 11) is 0. The minimum atomic E-state index is -0.187. The van der Waals surface area contributed by atoms with Crippen LogP contribution in [0.4, 0.5) is 0 Å². The molecule has 2 radical (unpaired) electrons. The molecule has 5 saturated heterocycles. The summed E-state index contributed by atoms with van der Waals surface area (Å²) in [6.45, 7) is 12.8. The Morgan fingerprint density at radius 3 is 0.857 bits per heavy atom. The van der Waals surface area contributed by atoms with Gasteiger partial charge in [-0.15, -0.1) is 69.9 Å². The Kier molecular flexibility index (Phi) is 25.0. The minimum absolute atomic E-state index is 0. The van der Waals surface area contributed by atoms with Crippen molar-refractivity contribution >= 4 is 41.2 Å². The number of nitrogens with two attached hydrogens (primary N) is 6. The zero-order valence-corrected chi connectivity index (χ0v) is 33.3. The molecule has 6 rings (SSSR count). The normalized spacial score (nSPS) is 29.9. The third kappa shape index (κ3) is 18.1. The Balaban J connectivity index is 0.000000285. The van der Waals surface area contributed by atoms with Gasteiger partial charge in [-0.3, -0.25) is 0 Å².